The smallest absolute Gasteiger partial charge is 0.226 e. The van der Waals surface area contributed by atoms with E-state index >= 15 is 0 Å². The largest absolute Gasteiger partial charge is 0.327 e. The Kier molecular flexibility index (Phi) is 4.49. The average Bonchev–Trinajstić information content (AvgIpc) is 2.49. The molecule has 0 fully saturated rings. The van der Waals surface area contributed by atoms with E-state index in [0.717, 1.165) is 12.2 Å². The number of carbonyl (C=O) groups excluding carboxylic acids is 1. The molecule has 0 saturated carbocycles. The van der Waals surface area contributed by atoms with Gasteiger partial charge in [-0.2, -0.15) is 5.10 Å². The second-order valence-corrected chi connectivity index (χ2v) is 4.57. The molecule has 1 heterocycles. The summed E-state index contributed by atoms with van der Waals surface area (Å²) in [5.74, 6) is 0.464. The summed E-state index contributed by atoms with van der Waals surface area (Å²) >= 11 is 0. The molecule has 1 aromatic rings. The van der Waals surface area contributed by atoms with E-state index in [9.17, 15) is 4.79 Å². The van der Waals surface area contributed by atoms with Crippen LogP contribution in [-0.2, 0) is 11.3 Å². The maximum atomic E-state index is 11.4. The summed E-state index contributed by atoms with van der Waals surface area (Å²) < 4.78 is 1.83. The Balaban J connectivity index is 2.48. The minimum Gasteiger partial charge on any atom is -0.327 e. The van der Waals surface area contributed by atoms with Crippen LogP contribution in [0.15, 0.2) is 12.4 Å². The molecule has 0 aliphatic heterocycles. The molecule has 5 nitrogen and oxygen atoms in total. The minimum atomic E-state index is -0.120. The Bertz CT molecular complexity index is 344. The number of rotatable bonds is 5. The lowest BCUT2D eigenvalue weighted by atomic mass is 10.2. The highest BCUT2D eigenvalue weighted by Crippen LogP contribution is 2.07. The van der Waals surface area contributed by atoms with Crippen LogP contribution in [-0.4, -0.2) is 21.7 Å². The number of amides is 1. The lowest BCUT2D eigenvalue weighted by Crippen LogP contribution is -2.23. The highest BCUT2D eigenvalue weighted by atomic mass is 16.1. The zero-order valence-corrected chi connectivity index (χ0v) is 10.1. The molecule has 0 aromatic carbocycles. The van der Waals surface area contributed by atoms with Crippen LogP contribution in [0.3, 0.4) is 0 Å². The summed E-state index contributed by atoms with van der Waals surface area (Å²) in [7, 11) is 0. The normalized spacial score (nSPS) is 12.8. The summed E-state index contributed by atoms with van der Waals surface area (Å²) in [5, 5.41) is 6.92. The number of nitrogens with zero attached hydrogens (tertiary/aromatic N) is 2. The summed E-state index contributed by atoms with van der Waals surface area (Å²) in [5.41, 5.74) is 6.26. The van der Waals surface area contributed by atoms with Crippen molar-refractivity contribution in [2.45, 2.75) is 39.8 Å². The number of carbonyl (C=O) groups is 1. The molecule has 16 heavy (non-hydrogen) atoms. The van der Waals surface area contributed by atoms with Gasteiger partial charge >= 0.3 is 0 Å². The lowest BCUT2D eigenvalue weighted by Gasteiger charge is -2.05. The van der Waals surface area contributed by atoms with Gasteiger partial charge in [-0.3, -0.25) is 9.48 Å². The van der Waals surface area contributed by atoms with Gasteiger partial charge in [-0.15, -0.1) is 0 Å². The Labute approximate surface area is 96.0 Å². The second kappa shape index (κ2) is 5.65. The van der Waals surface area contributed by atoms with E-state index in [1.165, 1.54) is 0 Å². The predicted octanol–water partition coefficient (Wildman–Crippen LogP) is 1.21. The van der Waals surface area contributed by atoms with Crippen molar-refractivity contribution in [2.24, 2.45) is 11.7 Å². The first-order valence-corrected chi connectivity index (χ1v) is 5.55. The summed E-state index contributed by atoms with van der Waals surface area (Å²) in [6.07, 6.45) is 3.82. The van der Waals surface area contributed by atoms with Crippen LogP contribution in [0.5, 0.6) is 0 Å². The van der Waals surface area contributed by atoms with Gasteiger partial charge in [-0.05, 0) is 12.8 Å². The molecule has 0 aliphatic rings. The molecule has 3 N–H and O–H groups in total. The van der Waals surface area contributed by atoms with Crippen LogP contribution in [0.25, 0.3) is 0 Å². The number of anilines is 1. The van der Waals surface area contributed by atoms with E-state index in [-0.39, 0.29) is 11.9 Å². The standard InChI is InChI=1S/C11H20N4O/c1-8(2)6-15-7-10(5-13-15)14-11(16)4-9(3)12/h5,7-9H,4,6,12H2,1-3H3,(H,14,16). The van der Waals surface area contributed by atoms with Gasteiger partial charge in [-0.1, -0.05) is 13.8 Å². The molecular weight excluding hydrogens is 204 g/mol. The van der Waals surface area contributed by atoms with E-state index in [2.05, 4.69) is 24.3 Å². The Morgan fingerprint density at radius 3 is 2.81 bits per heavy atom. The topological polar surface area (TPSA) is 72.9 Å². The molecule has 1 aromatic heterocycles. The Morgan fingerprint density at radius 2 is 2.25 bits per heavy atom. The number of hydrogen-bond donors (Lipinski definition) is 2. The lowest BCUT2D eigenvalue weighted by molar-refractivity contribution is -0.116. The van der Waals surface area contributed by atoms with Gasteiger partial charge in [0.15, 0.2) is 0 Å². The van der Waals surface area contributed by atoms with Crippen molar-refractivity contribution in [3.63, 3.8) is 0 Å². The fourth-order valence-electron chi connectivity index (χ4n) is 1.41. The van der Waals surface area contributed by atoms with Gasteiger partial charge in [0.1, 0.15) is 0 Å². The van der Waals surface area contributed by atoms with Crippen molar-refractivity contribution in [3.8, 4) is 0 Å². The van der Waals surface area contributed by atoms with Gasteiger partial charge in [0, 0.05) is 25.2 Å². The Morgan fingerprint density at radius 1 is 1.56 bits per heavy atom. The predicted molar refractivity (Wildman–Crippen MR) is 64.0 cm³/mol. The molecule has 90 valence electrons. The third-order valence-corrected chi connectivity index (χ3v) is 1.98. The minimum absolute atomic E-state index is 0.0703. The SMILES string of the molecule is CC(C)Cn1cc(NC(=O)CC(C)N)cn1. The third-order valence-electron chi connectivity index (χ3n) is 1.98. The summed E-state index contributed by atoms with van der Waals surface area (Å²) in [4.78, 5) is 11.4. The highest BCUT2D eigenvalue weighted by molar-refractivity contribution is 5.90. The summed E-state index contributed by atoms with van der Waals surface area (Å²) in [6, 6.07) is -0.120. The van der Waals surface area contributed by atoms with Gasteiger partial charge in [0.25, 0.3) is 0 Å². The van der Waals surface area contributed by atoms with Crippen LogP contribution in [0, 0.1) is 5.92 Å². The molecular formula is C11H20N4O. The number of hydrogen-bond acceptors (Lipinski definition) is 3. The first kappa shape index (κ1) is 12.7. The van der Waals surface area contributed by atoms with Crippen molar-refractivity contribution in [1.82, 2.24) is 9.78 Å². The fraction of sp³-hybridized carbons (Fsp3) is 0.636. The van der Waals surface area contributed by atoms with Crippen LogP contribution in [0.2, 0.25) is 0 Å². The van der Waals surface area contributed by atoms with Crippen molar-refractivity contribution in [2.75, 3.05) is 5.32 Å². The fourth-order valence-corrected chi connectivity index (χ4v) is 1.41. The van der Waals surface area contributed by atoms with Crippen molar-refractivity contribution < 1.29 is 4.79 Å². The highest BCUT2D eigenvalue weighted by Gasteiger charge is 2.07. The maximum Gasteiger partial charge on any atom is 0.226 e. The van der Waals surface area contributed by atoms with Gasteiger partial charge in [0.05, 0.1) is 11.9 Å². The monoisotopic (exact) mass is 224 g/mol. The third kappa shape index (κ3) is 4.44. The molecule has 5 heteroatoms. The molecule has 1 rings (SSSR count). The van der Waals surface area contributed by atoms with E-state index in [4.69, 9.17) is 5.73 Å². The van der Waals surface area contributed by atoms with Gasteiger partial charge in [0.2, 0.25) is 5.91 Å². The number of aromatic nitrogens is 2. The van der Waals surface area contributed by atoms with Gasteiger partial charge in [-0.25, -0.2) is 0 Å². The number of nitrogens with one attached hydrogen (secondary N) is 1. The van der Waals surface area contributed by atoms with Crippen LogP contribution < -0.4 is 11.1 Å². The molecule has 0 radical (unpaired) electrons. The zero-order chi connectivity index (χ0) is 12.1. The van der Waals surface area contributed by atoms with Gasteiger partial charge < -0.3 is 11.1 Å². The van der Waals surface area contributed by atoms with E-state index in [0.29, 0.717) is 12.3 Å². The van der Waals surface area contributed by atoms with E-state index in [1.807, 2.05) is 17.8 Å². The molecule has 0 saturated heterocycles. The quantitative estimate of drug-likeness (QED) is 0.789. The van der Waals surface area contributed by atoms with Crippen LogP contribution >= 0.6 is 0 Å². The van der Waals surface area contributed by atoms with E-state index in [1.54, 1.807) is 6.20 Å². The van der Waals surface area contributed by atoms with Crippen molar-refractivity contribution >= 4 is 11.6 Å². The average molecular weight is 224 g/mol. The molecule has 1 amide bonds. The number of nitrogens with two attached hydrogens (primary N) is 1. The second-order valence-electron chi connectivity index (χ2n) is 4.57. The van der Waals surface area contributed by atoms with E-state index < -0.39 is 0 Å². The van der Waals surface area contributed by atoms with Crippen molar-refractivity contribution in [3.05, 3.63) is 12.4 Å². The molecule has 0 aliphatic carbocycles. The first-order chi connectivity index (χ1) is 7.47. The van der Waals surface area contributed by atoms with Crippen LogP contribution in [0.1, 0.15) is 27.2 Å². The Hall–Kier alpha value is -1.36. The molecule has 1 unspecified atom stereocenters. The van der Waals surface area contributed by atoms with Crippen molar-refractivity contribution in [1.29, 1.82) is 0 Å². The molecule has 1 atom stereocenters. The summed E-state index contributed by atoms with van der Waals surface area (Å²) in [6.45, 7) is 6.90. The zero-order valence-electron chi connectivity index (χ0n) is 10.1. The molecule has 0 bridgehead atoms. The van der Waals surface area contributed by atoms with Crippen LogP contribution in [0.4, 0.5) is 5.69 Å². The molecule has 0 spiro atoms. The first-order valence-electron chi connectivity index (χ1n) is 5.55. The maximum absolute atomic E-state index is 11.4.